The topological polar surface area (TPSA) is 69.7 Å². The molecule has 0 radical (unpaired) electrons. The number of halogens is 1. The number of carbonyl (C=O) groups is 1. The van der Waals surface area contributed by atoms with Gasteiger partial charge in [-0.3, -0.25) is 9.52 Å². The Morgan fingerprint density at radius 3 is 2.47 bits per heavy atom. The lowest BCUT2D eigenvalue weighted by Gasteiger charge is -2.27. The first kappa shape index (κ1) is 22.8. The maximum Gasteiger partial charge on any atom is 0.261 e. The van der Waals surface area contributed by atoms with Crippen LogP contribution in [0.15, 0.2) is 59.5 Å². The molecule has 2 heterocycles. The third-order valence-corrected chi connectivity index (χ3v) is 7.77. The highest BCUT2D eigenvalue weighted by atomic mass is 35.5. The fourth-order valence-corrected chi connectivity index (χ4v) is 5.67. The Kier molecular flexibility index (Phi) is 7.18. The first-order chi connectivity index (χ1) is 15.4. The van der Waals surface area contributed by atoms with E-state index in [4.69, 9.17) is 11.6 Å². The van der Waals surface area contributed by atoms with Crippen LogP contribution in [0.5, 0.6) is 0 Å². The van der Waals surface area contributed by atoms with Gasteiger partial charge in [0.25, 0.3) is 10.0 Å². The summed E-state index contributed by atoms with van der Waals surface area (Å²) >= 11 is 6.05. The van der Waals surface area contributed by atoms with Gasteiger partial charge in [-0.15, -0.1) is 0 Å². The van der Waals surface area contributed by atoms with Crippen LogP contribution in [0.3, 0.4) is 0 Å². The minimum atomic E-state index is -3.75. The molecule has 0 spiro atoms. The Balaban J connectivity index is 1.38. The minimum Gasteiger partial charge on any atom is -0.335 e. The molecule has 1 amide bonds. The highest BCUT2D eigenvalue weighted by molar-refractivity contribution is 7.92. The van der Waals surface area contributed by atoms with Crippen LogP contribution in [0.25, 0.3) is 6.08 Å². The number of benzene rings is 2. The first-order valence-electron chi connectivity index (χ1n) is 11.0. The molecule has 6 nitrogen and oxygen atoms in total. The van der Waals surface area contributed by atoms with Gasteiger partial charge in [-0.2, -0.15) is 0 Å². The Bertz CT molecular complexity index is 1080. The lowest BCUT2D eigenvalue weighted by Crippen LogP contribution is -2.41. The zero-order valence-electron chi connectivity index (χ0n) is 17.9. The Morgan fingerprint density at radius 2 is 1.75 bits per heavy atom. The van der Waals surface area contributed by atoms with Crippen molar-refractivity contribution in [3.05, 3.63) is 65.2 Å². The molecule has 0 bridgehead atoms. The molecule has 2 aromatic rings. The molecule has 8 heteroatoms. The number of nitrogens with one attached hydrogen (secondary N) is 1. The van der Waals surface area contributed by atoms with Gasteiger partial charge in [0.2, 0.25) is 5.91 Å². The Hall–Kier alpha value is -2.35. The van der Waals surface area contributed by atoms with Crippen molar-refractivity contribution in [3.8, 4) is 0 Å². The van der Waals surface area contributed by atoms with E-state index >= 15 is 0 Å². The third kappa shape index (κ3) is 5.52. The van der Waals surface area contributed by atoms with Crippen molar-refractivity contribution >= 4 is 39.3 Å². The molecule has 0 aromatic heterocycles. The molecule has 0 saturated carbocycles. The first-order valence-corrected chi connectivity index (χ1v) is 12.9. The highest BCUT2D eigenvalue weighted by Crippen LogP contribution is 2.24. The number of rotatable bonds is 7. The van der Waals surface area contributed by atoms with E-state index in [1.807, 2.05) is 4.90 Å². The van der Waals surface area contributed by atoms with Crippen molar-refractivity contribution in [2.45, 2.75) is 36.6 Å². The SMILES string of the molecule is O=C(/C=C/c1ccc(S(=O)(=O)Nc2ccccc2Cl)cc1)N1CCCC1CN1CCCC1. The summed E-state index contributed by atoms with van der Waals surface area (Å²) in [4.78, 5) is 17.3. The fourth-order valence-electron chi connectivity index (χ4n) is 4.35. The summed E-state index contributed by atoms with van der Waals surface area (Å²) in [6.07, 6.45) is 7.93. The lowest BCUT2D eigenvalue weighted by atomic mass is 10.2. The molecule has 2 fully saturated rings. The Morgan fingerprint density at radius 1 is 1.03 bits per heavy atom. The molecule has 0 aliphatic carbocycles. The molecular formula is C24H28ClN3O3S. The van der Waals surface area contributed by atoms with E-state index in [2.05, 4.69) is 9.62 Å². The van der Waals surface area contributed by atoms with Gasteiger partial charge in [-0.25, -0.2) is 8.42 Å². The zero-order chi connectivity index (χ0) is 22.6. The molecule has 2 aliphatic rings. The van der Waals surface area contributed by atoms with Crippen molar-refractivity contribution in [2.75, 3.05) is 30.9 Å². The van der Waals surface area contributed by atoms with E-state index in [0.717, 1.165) is 44.6 Å². The monoisotopic (exact) mass is 473 g/mol. The van der Waals surface area contributed by atoms with Gasteiger partial charge in [0.15, 0.2) is 0 Å². The average molecular weight is 474 g/mol. The lowest BCUT2D eigenvalue weighted by molar-refractivity contribution is -0.127. The van der Waals surface area contributed by atoms with Gasteiger partial charge in [-0.1, -0.05) is 35.9 Å². The number of amides is 1. The number of hydrogen-bond acceptors (Lipinski definition) is 4. The molecule has 2 aliphatic heterocycles. The molecule has 2 saturated heterocycles. The van der Waals surface area contributed by atoms with Crippen LogP contribution in [0.4, 0.5) is 5.69 Å². The van der Waals surface area contributed by atoms with E-state index in [9.17, 15) is 13.2 Å². The van der Waals surface area contributed by atoms with E-state index in [1.54, 1.807) is 48.6 Å². The van der Waals surface area contributed by atoms with Gasteiger partial charge in [-0.05, 0) is 74.7 Å². The highest BCUT2D eigenvalue weighted by Gasteiger charge is 2.29. The van der Waals surface area contributed by atoms with E-state index in [-0.39, 0.29) is 16.8 Å². The van der Waals surface area contributed by atoms with Gasteiger partial charge >= 0.3 is 0 Å². The molecule has 170 valence electrons. The van der Waals surface area contributed by atoms with E-state index in [0.29, 0.717) is 10.7 Å². The Labute approximate surface area is 194 Å². The number of anilines is 1. The number of likely N-dealkylation sites (tertiary alicyclic amines) is 2. The van der Waals surface area contributed by atoms with Crippen molar-refractivity contribution in [1.82, 2.24) is 9.80 Å². The number of nitrogens with zero attached hydrogens (tertiary/aromatic N) is 2. The standard InChI is InChI=1S/C24H28ClN3O3S/c25-22-7-1-2-8-23(22)26-32(30,31)21-12-9-19(10-13-21)11-14-24(29)28-17-5-6-20(28)18-27-15-3-4-16-27/h1-2,7-14,20,26H,3-6,15-18H2/b14-11+. The summed E-state index contributed by atoms with van der Waals surface area (Å²) in [5.74, 6) is 0.0174. The fraction of sp³-hybridized carbons (Fsp3) is 0.375. The smallest absolute Gasteiger partial charge is 0.261 e. The molecule has 1 atom stereocenters. The molecular weight excluding hydrogens is 446 g/mol. The predicted octanol–water partition coefficient (Wildman–Crippen LogP) is 4.24. The predicted molar refractivity (Wildman–Crippen MR) is 128 cm³/mol. The van der Waals surface area contributed by atoms with Crippen LogP contribution in [0.2, 0.25) is 5.02 Å². The minimum absolute atomic E-state index is 0.0174. The molecule has 4 rings (SSSR count). The van der Waals surface area contributed by atoms with Gasteiger partial charge in [0, 0.05) is 25.2 Å². The average Bonchev–Trinajstić information content (AvgIpc) is 3.46. The van der Waals surface area contributed by atoms with E-state index in [1.165, 1.54) is 25.0 Å². The quantitative estimate of drug-likeness (QED) is 0.610. The second-order valence-corrected chi connectivity index (χ2v) is 10.4. The number of carbonyl (C=O) groups excluding carboxylic acids is 1. The van der Waals surface area contributed by atoms with Crippen molar-refractivity contribution in [2.24, 2.45) is 0 Å². The largest absolute Gasteiger partial charge is 0.335 e. The van der Waals surface area contributed by atoms with Crippen molar-refractivity contribution in [1.29, 1.82) is 0 Å². The molecule has 32 heavy (non-hydrogen) atoms. The van der Waals surface area contributed by atoms with Crippen LogP contribution in [0, 0.1) is 0 Å². The number of para-hydroxylation sites is 1. The summed E-state index contributed by atoms with van der Waals surface area (Å²) < 4.78 is 27.8. The van der Waals surface area contributed by atoms with Crippen molar-refractivity contribution < 1.29 is 13.2 Å². The second kappa shape index (κ2) is 10.1. The summed E-state index contributed by atoms with van der Waals surface area (Å²) in [6.45, 7) is 4.03. The second-order valence-electron chi connectivity index (χ2n) is 8.32. The van der Waals surface area contributed by atoms with Crippen LogP contribution < -0.4 is 4.72 Å². The molecule has 1 unspecified atom stereocenters. The summed E-state index contributed by atoms with van der Waals surface area (Å²) in [5, 5.41) is 0.332. The van der Waals surface area contributed by atoms with Gasteiger partial charge in [0.1, 0.15) is 0 Å². The third-order valence-electron chi connectivity index (χ3n) is 6.05. The maximum absolute atomic E-state index is 12.8. The number of hydrogen-bond donors (Lipinski definition) is 1. The summed E-state index contributed by atoms with van der Waals surface area (Å²) in [6, 6.07) is 13.4. The number of sulfonamides is 1. The van der Waals surface area contributed by atoms with Crippen LogP contribution in [0.1, 0.15) is 31.2 Å². The van der Waals surface area contributed by atoms with Crippen LogP contribution >= 0.6 is 11.6 Å². The van der Waals surface area contributed by atoms with Gasteiger partial charge in [0.05, 0.1) is 15.6 Å². The molecule has 2 aromatic carbocycles. The summed E-state index contributed by atoms with van der Waals surface area (Å²) in [5.41, 5.74) is 1.10. The maximum atomic E-state index is 12.8. The van der Waals surface area contributed by atoms with Crippen molar-refractivity contribution in [3.63, 3.8) is 0 Å². The molecule has 1 N–H and O–H groups in total. The van der Waals surface area contributed by atoms with Crippen LogP contribution in [-0.2, 0) is 14.8 Å². The van der Waals surface area contributed by atoms with Gasteiger partial charge < -0.3 is 9.80 Å². The van der Waals surface area contributed by atoms with Crippen LogP contribution in [-0.4, -0.2) is 56.3 Å². The van der Waals surface area contributed by atoms with E-state index < -0.39 is 10.0 Å². The normalized spacial score (nSPS) is 19.7. The summed E-state index contributed by atoms with van der Waals surface area (Å²) in [7, 11) is -3.75. The zero-order valence-corrected chi connectivity index (χ0v) is 19.5.